The first-order valence-corrected chi connectivity index (χ1v) is 5.40. The van der Waals surface area contributed by atoms with E-state index in [1.54, 1.807) is 0 Å². The van der Waals surface area contributed by atoms with Crippen molar-refractivity contribution in [3.05, 3.63) is 0 Å². The number of halogens is 1. The summed E-state index contributed by atoms with van der Waals surface area (Å²) in [5.74, 6) is 0.850. The topological polar surface area (TPSA) is 21.3 Å². The molecule has 0 bridgehead atoms. The molecule has 3 heteroatoms. The zero-order chi connectivity index (χ0) is 7.94. The Hall–Kier alpha value is 0.400. The van der Waals surface area contributed by atoms with E-state index in [4.69, 9.17) is 4.74 Å². The lowest BCUT2D eigenvalue weighted by Crippen LogP contribution is -2.28. The predicted molar refractivity (Wildman–Crippen MR) is 50.2 cm³/mol. The summed E-state index contributed by atoms with van der Waals surface area (Å²) >= 11 is 3.39. The maximum Gasteiger partial charge on any atom is 0.0469 e. The molecule has 0 aromatic heterocycles. The molecule has 1 fully saturated rings. The monoisotopic (exact) mass is 221 g/mol. The van der Waals surface area contributed by atoms with Gasteiger partial charge in [0.15, 0.2) is 0 Å². The highest BCUT2D eigenvalue weighted by molar-refractivity contribution is 9.09. The number of ether oxygens (including phenoxy) is 1. The minimum atomic E-state index is 0.850. The van der Waals surface area contributed by atoms with E-state index in [0.717, 1.165) is 37.6 Å². The van der Waals surface area contributed by atoms with Crippen molar-refractivity contribution in [1.82, 2.24) is 5.32 Å². The molecule has 0 amide bonds. The summed E-state index contributed by atoms with van der Waals surface area (Å²) in [5, 5.41) is 4.45. The van der Waals surface area contributed by atoms with Crippen molar-refractivity contribution in [2.75, 3.05) is 31.6 Å². The van der Waals surface area contributed by atoms with Crippen molar-refractivity contribution in [3.8, 4) is 0 Å². The molecule has 1 N–H and O–H groups in total. The average molecular weight is 222 g/mol. The molecule has 0 saturated carbocycles. The van der Waals surface area contributed by atoms with Gasteiger partial charge in [0.1, 0.15) is 0 Å². The zero-order valence-electron chi connectivity index (χ0n) is 6.81. The highest BCUT2D eigenvalue weighted by atomic mass is 79.9. The molecule has 66 valence electrons. The molecule has 0 atom stereocenters. The van der Waals surface area contributed by atoms with E-state index >= 15 is 0 Å². The summed E-state index contributed by atoms with van der Waals surface area (Å²) in [6, 6.07) is 0. The number of hydrogen-bond acceptors (Lipinski definition) is 2. The van der Waals surface area contributed by atoms with Crippen LogP contribution in [-0.2, 0) is 4.74 Å². The van der Waals surface area contributed by atoms with Crippen LogP contribution >= 0.6 is 15.9 Å². The van der Waals surface area contributed by atoms with Gasteiger partial charge < -0.3 is 10.1 Å². The molecule has 0 radical (unpaired) electrons. The third kappa shape index (κ3) is 4.09. The highest BCUT2D eigenvalue weighted by Gasteiger charge is 2.12. The lowest BCUT2D eigenvalue weighted by Gasteiger charge is -2.21. The van der Waals surface area contributed by atoms with E-state index in [1.165, 1.54) is 12.8 Å². The van der Waals surface area contributed by atoms with E-state index < -0.39 is 0 Å². The van der Waals surface area contributed by atoms with Crippen molar-refractivity contribution in [2.24, 2.45) is 5.92 Å². The quantitative estimate of drug-likeness (QED) is 0.573. The van der Waals surface area contributed by atoms with Gasteiger partial charge in [-0.3, -0.25) is 0 Å². The van der Waals surface area contributed by atoms with Gasteiger partial charge in [-0.25, -0.2) is 0 Å². The second kappa shape index (κ2) is 5.98. The Morgan fingerprint density at radius 2 is 2.09 bits per heavy atom. The molecule has 2 nitrogen and oxygen atoms in total. The number of rotatable bonds is 4. The summed E-state index contributed by atoms with van der Waals surface area (Å²) in [7, 11) is 0. The minimum Gasteiger partial charge on any atom is -0.381 e. The zero-order valence-corrected chi connectivity index (χ0v) is 8.40. The van der Waals surface area contributed by atoms with Crippen molar-refractivity contribution in [1.29, 1.82) is 0 Å². The van der Waals surface area contributed by atoms with Gasteiger partial charge in [-0.15, -0.1) is 0 Å². The van der Waals surface area contributed by atoms with Crippen molar-refractivity contribution >= 4 is 15.9 Å². The van der Waals surface area contributed by atoms with Crippen molar-refractivity contribution in [3.63, 3.8) is 0 Å². The largest absolute Gasteiger partial charge is 0.381 e. The molecule has 11 heavy (non-hydrogen) atoms. The number of nitrogens with one attached hydrogen (secondary N) is 1. The Balaban J connectivity index is 1.96. The molecular weight excluding hydrogens is 206 g/mol. The lowest BCUT2D eigenvalue weighted by molar-refractivity contribution is 0.0665. The fourth-order valence-corrected chi connectivity index (χ4v) is 1.60. The Labute approximate surface area is 76.8 Å². The maximum absolute atomic E-state index is 5.27. The van der Waals surface area contributed by atoms with Gasteiger partial charge in [0.05, 0.1) is 0 Å². The van der Waals surface area contributed by atoms with Gasteiger partial charge in [-0.2, -0.15) is 0 Å². The minimum absolute atomic E-state index is 0.850. The fraction of sp³-hybridized carbons (Fsp3) is 1.00. The van der Waals surface area contributed by atoms with Crippen LogP contribution in [-0.4, -0.2) is 31.6 Å². The first kappa shape index (κ1) is 9.49. The average Bonchev–Trinajstić information content (AvgIpc) is 2.07. The highest BCUT2D eigenvalue weighted by Crippen LogP contribution is 2.12. The Bertz CT molecular complexity index is 94.1. The number of alkyl halides is 1. The molecule has 1 saturated heterocycles. The Kier molecular flexibility index (Phi) is 5.15. The van der Waals surface area contributed by atoms with Gasteiger partial charge in [-0.1, -0.05) is 15.9 Å². The second-order valence-corrected chi connectivity index (χ2v) is 3.74. The van der Waals surface area contributed by atoms with Gasteiger partial charge in [-0.05, 0) is 25.3 Å². The molecule has 0 aliphatic carbocycles. The van der Waals surface area contributed by atoms with Gasteiger partial charge >= 0.3 is 0 Å². The van der Waals surface area contributed by atoms with Crippen molar-refractivity contribution in [2.45, 2.75) is 12.8 Å². The third-order valence-electron chi connectivity index (χ3n) is 2.05. The lowest BCUT2D eigenvalue weighted by atomic mass is 10.0. The van der Waals surface area contributed by atoms with E-state index in [1.807, 2.05) is 0 Å². The van der Waals surface area contributed by atoms with Gasteiger partial charge in [0.25, 0.3) is 0 Å². The standard InChI is InChI=1S/C8H16BrNO/c9-3-4-10-7-8-1-5-11-6-2-8/h8,10H,1-7H2. The predicted octanol–water partition coefficient (Wildman–Crippen LogP) is 1.40. The molecule has 0 aromatic carbocycles. The summed E-state index contributed by atoms with van der Waals surface area (Å²) in [4.78, 5) is 0. The SMILES string of the molecule is BrCCNCC1CCOCC1. The van der Waals surface area contributed by atoms with Crippen LogP contribution in [0.1, 0.15) is 12.8 Å². The Morgan fingerprint density at radius 1 is 1.36 bits per heavy atom. The first-order valence-electron chi connectivity index (χ1n) is 4.28. The third-order valence-corrected chi connectivity index (χ3v) is 2.44. The first-order chi connectivity index (χ1) is 5.43. The van der Waals surface area contributed by atoms with Crippen LogP contribution in [0.4, 0.5) is 0 Å². The van der Waals surface area contributed by atoms with Gasteiger partial charge in [0, 0.05) is 25.1 Å². The molecule has 1 rings (SSSR count). The normalized spacial score (nSPS) is 20.5. The summed E-state index contributed by atoms with van der Waals surface area (Å²) in [5.41, 5.74) is 0. The summed E-state index contributed by atoms with van der Waals surface area (Å²) in [6.07, 6.45) is 2.46. The van der Waals surface area contributed by atoms with Crippen LogP contribution in [0.3, 0.4) is 0 Å². The van der Waals surface area contributed by atoms with Crippen LogP contribution < -0.4 is 5.32 Å². The second-order valence-electron chi connectivity index (χ2n) is 2.95. The van der Waals surface area contributed by atoms with Crippen LogP contribution in [0.25, 0.3) is 0 Å². The summed E-state index contributed by atoms with van der Waals surface area (Å²) in [6.45, 7) is 4.16. The van der Waals surface area contributed by atoms with Crippen molar-refractivity contribution < 1.29 is 4.74 Å². The smallest absolute Gasteiger partial charge is 0.0469 e. The number of hydrogen-bond donors (Lipinski definition) is 1. The van der Waals surface area contributed by atoms with E-state index in [-0.39, 0.29) is 0 Å². The van der Waals surface area contributed by atoms with Gasteiger partial charge in [0.2, 0.25) is 0 Å². The van der Waals surface area contributed by atoms with Crippen LogP contribution in [0.15, 0.2) is 0 Å². The van der Waals surface area contributed by atoms with Crippen LogP contribution in [0, 0.1) is 5.92 Å². The Morgan fingerprint density at radius 3 is 2.73 bits per heavy atom. The fourth-order valence-electron chi connectivity index (χ4n) is 1.32. The molecule has 1 aliphatic rings. The summed E-state index contributed by atoms with van der Waals surface area (Å²) < 4.78 is 5.27. The maximum atomic E-state index is 5.27. The molecule has 1 heterocycles. The van der Waals surface area contributed by atoms with E-state index in [0.29, 0.717) is 0 Å². The molecule has 0 aromatic rings. The molecule has 0 spiro atoms. The van der Waals surface area contributed by atoms with E-state index in [2.05, 4.69) is 21.2 Å². The molecule has 1 aliphatic heterocycles. The van der Waals surface area contributed by atoms with E-state index in [9.17, 15) is 0 Å². The molecular formula is C8H16BrNO. The van der Waals surface area contributed by atoms with Crippen LogP contribution in [0.5, 0.6) is 0 Å². The van der Waals surface area contributed by atoms with Crippen LogP contribution in [0.2, 0.25) is 0 Å². The molecule has 0 unspecified atom stereocenters.